The Kier molecular flexibility index (Phi) is 5.06. The summed E-state index contributed by atoms with van der Waals surface area (Å²) in [5.41, 5.74) is 6.82. The molecule has 2 N–H and O–H groups in total. The number of ether oxygens (including phenoxy) is 1. The molecule has 1 rings (SSSR count). The number of likely N-dealkylation sites (N-methyl/N-ethyl adjacent to an activating group) is 1. The van der Waals surface area contributed by atoms with E-state index in [1.54, 1.807) is 0 Å². The summed E-state index contributed by atoms with van der Waals surface area (Å²) in [5.74, 6) is 0.709. The van der Waals surface area contributed by atoms with E-state index in [0.717, 1.165) is 12.1 Å². The molecule has 0 radical (unpaired) electrons. The van der Waals surface area contributed by atoms with Gasteiger partial charge in [-0.15, -0.1) is 0 Å². The van der Waals surface area contributed by atoms with Crippen molar-refractivity contribution >= 4 is 11.6 Å². The second-order valence-corrected chi connectivity index (χ2v) is 4.51. The van der Waals surface area contributed by atoms with E-state index in [1.807, 2.05) is 39.2 Å². The fraction of sp³-hybridized carbons (Fsp3) is 0.500. The highest BCUT2D eigenvalue weighted by atomic mass is 35.5. The minimum Gasteiger partial charge on any atom is -0.490 e. The quantitative estimate of drug-likeness (QED) is 0.861. The Bertz CT molecular complexity index is 340. The molecule has 90 valence electrons. The van der Waals surface area contributed by atoms with E-state index in [9.17, 15) is 0 Å². The van der Waals surface area contributed by atoms with Gasteiger partial charge in [0.1, 0.15) is 12.4 Å². The summed E-state index contributed by atoms with van der Waals surface area (Å²) in [6, 6.07) is 5.58. The molecule has 0 saturated carbocycles. The summed E-state index contributed by atoms with van der Waals surface area (Å²) < 4.78 is 5.69. The molecule has 0 bridgehead atoms. The summed E-state index contributed by atoms with van der Waals surface area (Å²) >= 11 is 6.09. The lowest BCUT2D eigenvalue weighted by atomic mass is 10.1. The van der Waals surface area contributed by atoms with E-state index in [4.69, 9.17) is 22.1 Å². The molecule has 4 heteroatoms. The molecule has 1 aromatic rings. The third kappa shape index (κ3) is 3.67. The van der Waals surface area contributed by atoms with Crippen LogP contribution in [-0.4, -0.2) is 32.1 Å². The minimum atomic E-state index is -0.0759. The van der Waals surface area contributed by atoms with Gasteiger partial charge >= 0.3 is 0 Å². The van der Waals surface area contributed by atoms with E-state index >= 15 is 0 Å². The molecule has 1 atom stereocenters. The van der Waals surface area contributed by atoms with Gasteiger partial charge in [-0.05, 0) is 27.1 Å². The first kappa shape index (κ1) is 13.3. The van der Waals surface area contributed by atoms with Crippen LogP contribution < -0.4 is 10.5 Å². The molecular weight excluding hydrogens is 224 g/mol. The van der Waals surface area contributed by atoms with Crippen LogP contribution in [0.25, 0.3) is 0 Å². The molecule has 0 aliphatic heterocycles. The minimum absolute atomic E-state index is 0.0759. The number of hydrogen-bond acceptors (Lipinski definition) is 3. The van der Waals surface area contributed by atoms with E-state index in [2.05, 4.69) is 4.90 Å². The third-order valence-corrected chi connectivity index (χ3v) is 2.57. The van der Waals surface area contributed by atoms with Crippen LogP contribution in [0.2, 0.25) is 5.02 Å². The first-order chi connectivity index (χ1) is 7.52. The van der Waals surface area contributed by atoms with Crippen molar-refractivity contribution in [1.82, 2.24) is 4.90 Å². The maximum absolute atomic E-state index is 6.09. The fourth-order valence-corrected chi connectivity index (χ4v) is 1.60. The van der Waals surface area contributed by atoms with Crippen LogP contribution in [-0.2, 0) is 0 Å². The zero-order valence-electron chi connectivity index (χ0n) is 10.0. The summed E-state index contributed by atoms with van der Waals surface area (Å²) in [7, 11) is 4.00. The number of nitrogens with zero attached hydrogens (tertiary/aromatic N) is 1. The topological polar surface area (TPSA) is 38.5 Å². The molecule has 16 heavy (non-hydrogen) atoms. The summed E-state index contributed by atoms with van der Waals surface area (Å²) in [6.07, 6.45) is 0. The number of rotatable bonds is 5. The van der Waals surface area contributed by atoms with Gasteiger partial charge in [-0.1, -0.05) is 23.7 Å². The smallest absolute Gasteiger partial charge is 0.142 e. The van der Waals surface area contributed by atoms with Crippen molar-refractivity contribution in [2.24, 2.45) is 5.73 Å². The first-order valence-electron chi connectivity index (χ1n) is 5.34. The average Bonchev–Trinajstić information content (AvgIpc) is 2.19. The Labute approximate surface area is 102 Å². The van der Waals surface area contributed by atoms with Gasteiger partial charge in [-0.2, -0.15) is 0 Å². The Balaban J connectivity index is 2.76. The molecule has 0 fully saturated rings. The van der Waals surface area contributed by atoms with Crippen LogP contribution in [0, 0.1) is 0 Å². The lowest BCUT2D eigenvalue weighted by Crippen LogP contribution is -2.20. The van der Waals surface area contributed by atoms with Crippen molar-refractivity contribution in [3.63, 3.8) is 0 Å². The fourth-order valence-electron chi connectivity index (χ4n) is 1.37. The summed E-state index contributed by atoms with van der Waals surface area (Å²) in [6.45, 7) is 3.38. The molecule has 3 nitrogen and oxygen atoms in total. The van der Waals surface area contributed by atoms with Gasteiger partial charge in [-0.3, -0.25) is 0 Å². The molecule has 0 amide bonds. The molecule has 0 aromatic heterocycles. The summed E-state index contributed by atoms with van der Waals surface area (Å²) in [5, 5.41) is 0.619. The maximum atomic E-state index is 6.09. The molecule has 1 unspecified atom stereocenters. The molecular formula is C12H19ClN2O. The second-order valence-electron chi connectivity index (χ2n) is 4.10. The monoisotopic (exact) mass is 242 g/mol. The van der Waals surface area contributed by atoms with Crippen molar-refractivity contribution in [2.45, 2.75) is 13.0 Å². The Morgan fingerprint density at radius 3 is 2.69 bits per heavy atom. The van der Waals surface area contributed by atoms with Crippen molar-refractivity contribution in [3.05, 3.63) is 28.8 Å². The van der Waals surface area contributed by atoms with Gasteiger partial charge in [0.2, 0.25) is 0 Å². The Morgan fingerprint density at radius 1 is 1.44 bits per heavy atom. The normalized spacial score (nSPS) is 12.9. The number of para-hydroxylation sites is 1. The standard InChI is InChI=1S/C12H19ClN2O/c1-9(14)10-5-4-6-11(13)12(10)16-8-7-15(2)3/h4-6,9H,7-8,14H2,1-3H3. The lowest BCUT2D eigenvalue weighted by molar-refractivity contribution is 0.259. The van der Waals surface area contributed by atoms with E-state index < -0.39 is 0 Å². The van der Waals surface area contributed by atoms with Crippen molar-refractivity contribution in [2.75, 3.05) is 27.2 Å². The van der Waals surface area contributed by atoms with Crippen LogP contribution in [0.1, 0.15) is 18.5 Å². The van der Waals surface area contributed by atoms with Crippen LogP contribution in [0.15, 0.2) is 18.2 Å². The van der Waals surface area contributed by atoms with Gasteiger partial charge in [0.25, 0.3) is 0 Å². The molecule has 0 heterocycles. The summed E-state index contributed by atoms with van der Waals surface area (Å²) in [4.78, 5) is 2.06. The molecule has 0 aliphatic carbocycles. The lowest BCUT2D eigenvalue weighted by Gasteiger charge is -2.16. The van der Waals surface area contributed by atoms with Gasteiger partial charge in [0.15, 0.2) is 0 Å². The van der Waals surface area contributed by atoms with Gasteiger partial charge < -0.3 is 15.4 Å². The molecule has 0 saturated heterocycles. The van der Waals surface area contributed by atoms with Crippen LogP contribution in [0.5, 0.6) is 5.75 Å². The predicted molar refractivity (Wildman–Crippen MR) is 68.1 cm³/mol. The Hall–Kier alpha value is -0.770. The van der Waals surface area contributed by atoms with Crippen molar-refractivity contribution in [1.29, 1.82) is 0 Å². The number of nitrogens with two attached hydrogens (primary N) is 1. The Morgan fingerprint density at radius 2 is 2.12 bits per heavy atom. The first-order valence-corrected chi connectivity index (χ1v) is 5.71. The number of benzene rings is 1. The van der Waals surface area contributed by atoms with Crippen molar-refractivity contribution < 1.29 is 4.74 Å². The van der Waals surface area contributed by atoms with Crippen LogP contribution in [0.4, 0.5) is 0 Å². The number of hydrogen-bond donors (Lipinski definition) is 1. The highest BCUT2D eigenvalue weighted by Crippen LogP contribution is 2.31. The molecule has 1 aromatic carbocycles. The molecule has 0 spiro atoms. The number of halogens is 1. The van der Waals surface area contributed by atoms with Crippen LogP contribution >= 0.6 is 11.6 Å². The zero-order chi connectivity index (χ0) is 12.1. The zero-order valence-corrected chi connectivity index (χ0v) is 10.8. The maximum Gasteiger partial charge on any atom is 0.142 e. The van der Waals surface area contributed by atoms with Crippen LogP contribution in [0.3, 0.4) is 0 Å². The highest BCUT2D eigenvalue weighted by molar-refractivity contribution is 6.32. The van der Waals surface area contributed by atoms with E-state index in [-0.39, 0.29) is 6.04 Å². The second kappa shape index (κ2) is 6.09. The van der Waals surface area contributed by atoms with Crippen molar-refractivity contribution in [3.8, 4) is 5.75 Å². The van der Waals surface area contributed by atoms with E-state index in [0.29, 0.717) is 17.4 Å². The third-order valence-electron chi connectivity index (χ3n) is 2.27. The van der Waals surface area contributed by atoms with Gasteiger partial charge in [0, 0.05) is 18.2 Å². The average molecular weight is 243 g/mol. The predicted octanol–water partition coefficient (Wildman–Crippen LogP) is 2.30. The SMILES string of the molecule is CC(N)c1cccc(Cl)c1OCCN(C)C. The largest absolute Gasteiger partial charge is 0.490 e. The van der Waals surface area contributed by atoms with Gasteiger partial charge in [-0.25, -0.2) is 0 Å². The molecule has 0 aliphatic rings. The van der Waals surface area contributed by atoms with Gasteiger partial charge in [0.05, 0.1) is 5.02 Å². The highest BCUT2D eigenvalue weighted by Gasteiger charge is 2.11. The van der Waals surface area contributed by atoms with E-state index in [1.165, 1.54) is 0 Å².